The molecule has 0 bridgehead atoms. The number of amides is 1. The maximum absolute atomic E-state index is 12.3. The summed E-state index contributed by atoms with van der Waals surface area (Å²) in [7, 11) is 0. The molecular weight excluding hydrogens is 314 g/mol. The van der Waals surface area contributed by atoms with Crippen LogP contribution in [0.3, 0.4) is 0 Å². The molecule has 1 aliphatic rings. The summed E-state index contributed by atoms with van der Waals surface area (Å²) in [6, 6.07) is 17.0. The predicted molar refractivity (Wildman–Crippen MR) is 94.0 cm³/mol. The zero-order chi connectivity index (χ0) is 17.5. The Morgan fingerprint density at radius 2 is 1.88 bits per heavy atom. The van der Waals surface area contributed by atoms with Gasteiger partial charge in [-0.3, -0.25) is 4.79 Å². The molecule has 1 saturated heterocycles. The second-order valence-corrected chi connectivity index (χ2v) is 6.18. The molecular formula is C20H22N3O2+. The Hall–Kier alpha value is -2.68. The van der Waals surface area contributed by atoms with Gasteiger partial charge in [0.2, 0.25) is 0 Å². The Morgan fingerprint density at radius 3 is 2.64 bits per heavy atom. The lowest BCUT2D eigenvalue weighted by Crippen LogP contribution is -3.12. The number of nitrogens with one attached hydrogen (secondary N) is 2. The van der Waals surface area contributed by atoms with Crippen LogP contribution in [-0.4, -0.2) is 32.2 Å². The number of hydrogen-bond donors (Lipinski definition) is 2. The van der Waals surface area contributed by atoms with E-state index in [1.54, 1.807) is 24.3 Å². The van der Waals surface area contributed by atoms with Gasteiger partial charge in [0.1, 0.15) is 19.6 Å². The minimum Gasteiger partial charge on any atom is -0.370 e. The number of carbonyl (C=O) groups is 1. The Morgan fingerprint density at radius 1 is 1.12 bits per heavy atom. The van der Waals surface area contributed by atoms with Crippen LogP contribution in [0.5, 0.6) is 0 Å². The molecule has 2 N–H and O–H groups in total. The van der Waals surface area contributed by atoms with E-state index in [2.05, 4.69) is 23.5 Å². The normalized spacial score (nSPS) is 14.7. The summed E-state index contributed by atoms with van der Waals surface area (Å²) in [6.07, 6.45) is 0. The van der Waals surface area contributed by atoms with E-state index in [1.807, 2.05) is 12.1 Å². The van der Waals surface area contributed by atoms with E-state index in [4.69, 9.17) is 10.00 Å². The predicted octanol–water partition coefficient (Wildman–Crippen LogP) is 0.903. The van der Waals surface area contributed by atoms with Crippen LogP contribution >= 0.6 is 0 Å². The largest absolute Gasteiger partial charge is 0.370 e. The molecule has 0 aliphatic carbocycles. The Bertz CT molecular complexity index is 777. The second kappa shape index (κ2) is 8.43. The van der Waals surface area contributed by atoms with Gasteiger partial charge >= 0.3 is 0 Å². The molecule has 0 saturated carbocycles. The summed E-state index contributed by atoms with van der Waals surface area (Å²) in [5, 5.41) is 11.9. The summed E-state index contributed by atoms with van der Waals surface area (Å²) in [5.74, 6) is -0.161. The van der Waals surface area contributed by atoms with Crippen LogP contribution in [-0.2, 0) is 17.8 Å². The molecule has 128 valence electrons. The number of benzene rings is 2. The van der Waals surface area contributed by atoms with Crippen LogP contribution in [0.2, 0.25) is 0 Å². The third kappa shape index (κ3) is 4.66. The molecule has 5 heteroatoms. The quantitative estimate of drug-likeness (QED) is 0.853. The summed E-state index contributed by atoms with van der Waals surface area (Å²) < 4.78 is 5.41. The highest BCUT2D eigenvalue weighted by molar-refractivity contribution is 5.94. The van der Waals surface area contributed by atoms with Gasteiger partial charge in [0.05, 0.1) is 24.8 Å². The summed E-state index contributed by atoms with van der Waals surface area (Å²) in [5.41, 5.74) is 3.39. The van der Waals surface area contributed by atoms with Crippen LogP contribution in [0.1, 0.15) is 27.0 Å². The van der Waals surface area contributed by atoms with Crippen LogP contribution in [0.15, 0.2) is 48.5 Å². The highest BCUT2D eigenvalue weighted by atomic mass is 16.5. The van der Waals surface area contributed by atoms with Crippen molar-refractivity contribution in [2.24, 2.45) is 0 Å². The average Bonchev–Trinajstić information content (AvgIpc) is 2.68. The van der Waals surface area contributed by atoms with E-state index in [0.29, 0.717) is 17.7 Å². The van der Waals surface area contributed by atoms with Gasteiger partial charge in [-0.15, -0.1) is 0 Å². The van der Waals surface area contributed by atoms with Gasteiger partial charge in [-0.25, -0.2) is 0 Å². The highest BCUT2D eigenvalue weighted by Crippen LogP contribution is 2.09. The van der Waals surface area contributed by atoms with Crippen LogP contribution in [0.4, 0.5) is 0 Å². The van der Waals surface area contributed by atoms with Gasteiger partial charge in [0, 0.05) is 17.7 Å². The van der Waals surface area contributed by atoms with Crippen molar-refractivity contribution in [3.63, 3.8) is 0 Å². The van der Waals surface area contributed by atoms with E-state index in [-0.39, 0.29) is 5.91 Å². The van der Waals surface area contributed by atoms with Crippen molar-refractivity contribution >= 4 is 5.91 Å². The number of ether oxygens (including phenoxy) is 1. The van der Waals surface area contributed by atoms with Crippen molar-refractivity contribution in [2.75, 3.05) is 26.3 Å². The molecule has 25 heavy (non-hydrogen) atoms. The molecule has 2 aromatic carbocycles. The fraction of sp³-hybridized carbons (Fsp3) is 0.300. The lowest BCUT2D eigenvalue weighted by Gasteiger charge is -2.24. The van der Waals surface area contributed by atoms with E-state index >= 15 is 0 Å². The number of rotatable bonds is 5. The molecule has 2 aromatic rings. The number of nitrogens with zero attached hydrogens (tertiary/aromatic N) is 1. The van der Waals surface area contributed by atoms with E-state index in [0.717, 1.165) is 38.4 Å². The molecule has 1 heterocycles. The van der Waals surface area contributed by atoms with E-state index < -0.39 is 0 Å². The fourth-order valence-electron chi connectivity index (χ4n) is 3.02. The zero-order valence-electron chi connectivity index (χ0n) is 14.1. The number of quaternary nitrogens is 1. The van der Waals surface area contributed by atoms with E-state index in [1.165, 1.54) is 10.5 Å². The number of carbonyl (C=O) groups excluding carboxylic acids is 1. The first-order chi connectivity index (χ1) is 12.3. The lowest BCUT2D eigenvalue weighted by molar-refractivity contribution is -0.921. The van der Waals surface area contributed by atoms with Crippen molar-refractivity contribution in [1.29, 1.82) is 5.26 Å². The highest BCUT2D eigenvalue weighted by Gasteiger charge is 2.16. The monoisotopic (exact) mass is 336 g/mol. The molecule has 0 radical (unpaired) electrons. The minimum absolute atomic E-state index is 0.161. The molecule has 1 amide bonds. The Labute approximate surface area is 147 Å². The van der Waals surface area contributed by atoms with Crippen LogP contribution in [0, 0.1) is 11.3 Å². The Kier molecular flexibility index (Phi) is 5.78. The third-order valence-corrected chi connectivity index (χ3v) is 4.45. The summed E-state index contributed by atoms with van der Waals surface area (Å²) >= 11 is 0. The third-order valence-electron chi connectivity index (χ3n) is 4.45. The summed E-state index contributed by atoms with van der Waals surface area (Å²) in [4.78, 5) is 13.9. The van der Waals surface area contributed by atoms with Gasteiger partial charge in [-0.2, -0.15) is 5.26 Å². The van der Waals surface area contributed by atoms with Crippen molar-refractivity contribution < 1.29 is 14.4 Å². The minimum atomic E-state index is -0.161. The number of morpholine rings is 1. The van der Waals surface area contributed by atoms with Crippen LogP contribution in [0.25, 0.3) is 0 Å². The molecule has 3 rings (SSSR count). The SMILES string of the molecule is N#Cc1cccc(C(=O)NCc2ccccc2C[NH+]2CCOCC2)c1. The van der Waals surface area contributed by atoms with Gasteiger partial charge in [-0.05, 0) is 23.8 Å². The standard InChI is InChI=1S/C20H21N3O2/c21-13-16-4-3-7-17(12-16)20(24)22-14-18-5-1-2-6-19(18)15-23-8-10-25-11-9-23/h1-7,12H,8-11,14-15H2,(H,22,24)/p+1. The molecule has 0 unspecified atom stereocenters. The molecule has 0 aromatic heterocycles. The van der Waals surface area contributed by atoms with E-state index in [9.17, 15) is 4.79 Å². The maximum Gasteiger partial charge on any atom is 0.251 e. The van der Waals surface area contributed by atoms with Crippen molar-refractivity contribution in [3.05, 3.63) is 70.8 Å². The van der Waals surface area contributed by atoms with Gasteiger partial charge in [-0.1, -0.05) is 30.3 Å². The first kappa shape index (κ1) is 17.2. The number of nitriles is 1. The summed E-state index contributed by atoms with van der Waals surface area (Å²) in [6.45, 7) is 5.07. The number of hydrogen-bond acceptors (Lipinski definition) is 3. The van der Waals surface area contributed by atoms with Crippen LogP contribution < -0.4 is 10.2 Å². The molecule has 5 nitrogen and oxygen atoms in total. The smallest absolute Gasteiger partial charge is 0.251 e. The topological polar surface area (TPSA) is 66.6 Å². The van der Waals surface area contributed by atoms with Crippen molar-refractivity contribution in [3.8, 4) is 6.07 Å². The molecule has 0 spiro atoms. The average molecular weight is 336 g/mol. The first-order valence-corrected chi connectivity index (χ1v) is 8.53. The van der Waals surface area contributed by atoms with Gasteiger partial charge < -0.3 is 15.0 Å². The second-order valence-electron chi connectivity index (χ2n) is 6.18. The first-order valence-electron chi connectivity index (χ1n) is 8.53. The van der Waals surface area contributed by atoms with Gasteiger partial charge in [0.15, 0.2) is 0 Å². The zero-order valence-corrected chi connectivity index (χ0v) is 14.1. The van der Waals surface area contributed by atoms with Crippen molar-refractivity contribution in [2.45, 2.75) is 13.1 Å². The Balaban J connectivity index is 1.64. The molecule has 0 atom stereocenters. The lowest BCUT2D eigenvalue weighted by atomic mass is 10.1. The van der Waals surface area contributed by atoms with Gasteiger partial charge in [0.25, 0.3) is 5.91 Å². The maximum atomic E-state index is 12.3. The molecule has 1 fully saturated rings. The molecule has 1 aliphatic heterocycles. The fourth-order valence-corrected chi connectivity index (χ4v) is 3.02. The van der Waals surface area contributed by atoms with Crippen molar-refractivity contribution in [1.82, 2.24) is 5.32 Å².